The maximum Gasteiger partial charge on any atom is 0.331 e. The van der Waals surface area contributed by atoms with Crippen molar-refractivity contribution >= 4 is 5.69 Å². The Morgan fingerprint density at radius 1 is 0.810 bits per heavy atom. The second-order valence-electron chi connectivity index (χ2n) is 11.1. The van der Waals surface area contributed by atoms with Gasteiger partial charge in [0.1, 0.15) is 17.3 Å². The minimum Gasteiger partial charge on any atom is -0.363 e. The Labute approximate surface area is 244 Å². The number of nitrogens with two attached hydrogens (primary N) is 1. The van der Waals surface area contributed by atoms with E-state index in [2.05, 4.69) is 36.9 Å². The van der Waals surface area contributed by atoms with Crippen LogP contribution in [0.25, 0.3) is 0 Å². The first-order valence-electron chi connectivity index (χ1n) is 14.2. The van der Waals surface area contributed by atoms with Gasteiger partial charge < -0.3 is 10.6 Å². The van der Waals surface area contributed by atoms with E-state index in [0.29, 0.717) is 24.5 Å². The number of hydrogen-bond acceptors (Lipinski definition) is 5. The molecule has 3 aromatic carbocycles. The summed E-state index contributed by atoms with van der Waals surface area (Å²) < 4.78 is 31.8. The van der Waals surface area contributed by atoms with Gasteiger partial charge in [0.05, 0.1) is 13.1 Å². The van der Waals surface area contributed by atoms with Crippen LogP contribution in [0.15, 0.2) is 76.3 Å². The van der Waals surface area contributed by atoms with Crippen molar-refractivity contribution < 1.29 is 8.78 Å². The highest BCUT2D eigenvalue weighted by molar-refractivity contribution is 5.50. The fourth-order valence-electron chi connectivity index (χ4n) is 5.74. The summed E-state index contributed by atoms with van der Waals surface area (Å²) in [6.45, 7) is 8.83. The Morgan fingerprint density at radius 3 is 2.12 bits per heavy atom. The SMILES string of the molecule is Cc1ccc(CN2CCN(c3c(C)n(Cc4c(F)cccc4F)c(=O)n(C[C@H](N)c4ccccc4)c3=O)CC2)c(C)c1. The van der Waals surface area contributed by atoms with E-state index in [1.807, 2.05) is 35.2 Å². The van der Waals surface area contributed by atoms with Gasteiger partial charge in [-0.15, -0.1) is 0 Å². The summed E-state index contributed by atoms with van der Waals surface area (Å²) in [5.41, 5.74) is 10.4. The Morgan fingerprint density at radius 2 is 1.48 bits per heavy atom. The average Bonchev–Trinajstić information content (AvgIpc) is 2.97. The van der Waals surface area contributed by atoms with Gasteiger partial charge in [0.2, 0.25) is 0 Å². The van der Waals surface area contributed by atoms with Crippen LogP contribution in [0.3, 0.4) is 0 Å². The number of aromatic nitrogens is 2. The zero-order valence-corrected chi connectivity index (χ0v) is 24.3. The molecule has 220 valence electrons. The zero-order chi connectivity index (χ0) is 30.0. The van der Waals surface area contributed by atoms with Crippen LogP contribution in [-0.2, 0) is 19.6 Å². The van der Waals surface area contributed by atoms with Gasteiger partial charge in [0.25, 0.3) is 5.56 Å². The number of benzene rings is 3. The molecule has 1 saturated heterocycles. The van der Waals surface area contributed by atoms with Crippen LogP contribution >= 0.6 is 0 Å². The number of aryl methyl sites for hydroxylation is 2. The summed E-state index contributed by atoms with van der Waals surface area (Å²) in [6.07, 6.45) is 0. The minimum atomic E-state index is -0.749. The van der Waals surface area contributed by atoms with Crippen LogP contribution in [0.2, 0.25) is 0 Å². The van der Waals surface area contributed by atoms with Crippen molar-refractivity contribution in [1.82, 2.24) is 14.0 Å². The third kappa shape index (κ3) is 6.07. The Bertz CT molecular complexity index is 1670. The molecule has 5 rings (SSSR count). The quantitative estimate of drug-likeness (QED) is 0.341. The molecule has 1 aromatic heterocycles. The maximum absolute atomic E-state index is 14.7. The van der Waals surface area contributed by atoms with Crippen LogP contribution in [-0.4, -0.2) is 40.2 Å². The maximum atomic E-state index is 14.7. The van der Waals surface area contributed by atoms with E-state index >= 15 is 0 Å². The molecule has 2 N–H and O–H groups in total. The van der Waals surface area contributed by atoms with Crippen molar-refractivity contribution in [3.05, 3.63) is 133 Å². The molecule has 0 amide bonds. The van der Waals surface area contributed by atoms with Gasteiger partial charge in [-0.3, -0.25) is 18.8 Å². The first-order valence-corrected chi connectivity index (χ1v) is 14.2. The summed E-state index contributed by atoms with van der Waals surface area (Å²) in [5.74, 6) is -1.50. The third-order valence-corrected chi connectivity index (χ3v) is 8.22. The van der Waals surface area contributed by atoms with E-state index < -0.39 is 28.9 Å². The molecule has 0 saturated carbocycles. The predicted molar refractivity (Wildman–Crippen MR) is 162 cm³/mol. The Kier molecular flexibility index (Phi) is 8.70. The number of hydrogen-bond donors (Lipinski definition) is 1. The average molecular weight is 574 g/mol. The molecular formula is C33H37F2N5O2. The molecule has 42 heavy (non-hydrogen) atoms. The lowest BCUT2D eigenvalue weighted by Gasteiger charge is -2.37. The Balaban J connectivity index is 1.49. The van der Waals surface area contributed by atoms with Crippen molar-refractivity contribution in [2.24, 2.45) is 5.73 Å². The van der Waals surface area contributed by atoms with Gasteiger partial charge >= 0.3 is 5.69 Å². The smallest absolute Gasteiger partial charge is 0.331 e. The molecule has 9 heteroatoms. The number of halogens is 2. The highest BCUT2D eigenvalue weighted by atomic mass is 19.1. The van der Waals surface area contributed by atoms with Gasteiger partial charge in [0, 0.05) is 50.0 Å². The summed E-state index contributed by atoms with van der Waals surface area (Å²) >= 11 is 0. The van der Waals surface area contributed by atoms with Crippen molar-refractivity contribution in [1.29, 1.82) is 0 Å². The molecule has 0 radical (unpaired) electrons. The van der Waals surface area contributed by atoms with Crippen molar-refractivity contribution in [3.8, 4) is 0 Å². The monoisotopic (exact) mass is 573 g/mol. The Hall–Kier alpha value is -4.08. The van der Waals surface area contributed by atoms with Crippen LogP contribution in [0.4, 0.5) is 14.5 Å². The van der Waals surface area contributed by atoms with Gasteiger partial charge in [-0.25, -0.2) is 13.6 Å². The molecule has 0 unspecified atom stereocenters. The highest BCUT2D eigenvalue weighted by Gasteiger charge is 2.27. The number of piperazine rings is 1. The normalized spacial score (nSPS) is 14.8. The molecule has 4 aromatic rings. The van der Waals surface area contributed by atoms with Gasteiger partial charge in [0.15, 0.2) is 0 Å². The van der Waals surface area contributed by atoms with Gasteiger partial charge in [-0.1, -0.05) is 60.2 Å². The fraction of sp³-hybridized carbons (Fsp3) is 0.333. The molecule has 7 nitrogen and oxygen atoms in total. The summed E-state index contributed by atoms with van der Waals surface area (Å²) in [6, 6.07) is 18.7. The molecule has 0 bridgehead atoms. The van der Waals surface area contributed by atoms with E-state index in [1.54, 1.807) is 6.92 Å². The van der Waals surface area contributed by atoms with E-state index in [9.17, 15) is 18.4 Å². The van der Waals surface area contributed by atoms with Crippen LogP contribution < -0.4 is 21.9 Å². The highest BCUT2D eigenvalue weighted by Crippen LogP contribution is 2.21. The first kappa shape index (κ1) is 29.4. The topological polar surface area (TPSA) is 76.5 Å². The molecule has 1 aliphatic rings. The minimum absolute atomic E-state index is 0.0681. The number of anilines is 1. The van der Waals surface area contributed by atoms with Crippen molar-refractivity contribution in [2.75, 3.05) is 31.1 Å². The summed E-state index contributed by atoms with van der Waals surface area (Å²) in [4.78, 5) is 32.0. The molecule has 1 aliphatic heterocycles. The number of nitrogens with zero attached hydrogens (tertiary/aromatic N) is 4. The second-order valence-corrected chi connectivity index (χ2v) is 11.1. The van der Waals surface area contributed by atoms with Gasteiger partial charge in [-0.2, -0.15) is 0 Å². The molecule has 1 atom stereocenters. The lowest BCUT2D eigenvalue weighted by Crippen LogP contribution is -2.51. The fourth-order valence-corrected chi connectivity index (χ4v) is 5.74. The van der Waals surface area contributed by atoms with E-state index in [0.717, 1.165) is 41.9 Å². The number of rotatable bonds is 8. The largest absolute Gasteiger partial charge is 0.363 e. The molecular weight excluding hydrogens is 536 g/mol. The lowest BCUT2D eigenvalue weighted by molar-refractivity contribution is 0.248. The zero-order valence-electron chi connectivity index (χ0n) is 24.3. The van der Waals surface area contributed by atoms with Crippen LogP contribution in [0.5, 0.6) is 0 Å². The summed E-state index contributed by atoms with van der Waals surface area (Å²) in [7, 11) is 0. The first-order chi connectivity index (χ1) is 20.1. The van der Waals surface area contributed by atoms with Crippen molar-refractivity contribution in [3.63, 3.8) is 0 Å². The molecule has 0 aliphatic carbocycles. The predicted octanol–water partition coefficient (Wildman–Crippen LogP) is 4.28. The standard InChI is InChI=1S/C33H37F2N5O2/c1-22-12-13-26(23(2)18-22)19-37-14-16-38(17-15-37)31-24(3)39(20-27-28(34)10-7-11-29(27)35)33(42)40(32(31)41)21-30(36)25-8-5-4-6-9-25/h4-13,18,30H,14-17,19-21,36H2,1-3H3/t30-/m0/s1. The molecule has 0 spiro atoms. The molecule has 2 heterocycles. The van der Waals surface area contributed by atoms with E-state index in [1.165, 1.54) is 27.3 Å². The van der Waals surface area contributed by atoms with Crippen molar-refractivity contribution in [2.45, 2.75) is 46.4 Å². The third-order valence-electron chi connectivity index (χ3n) is 8.22. The van der Waals surface area contributed by atoms with Crippen LogP contribution in [0, 0.1) is 32.4 Å². The lowest BCUT2D eigenvalue weighted by atomic mass is 10.0. The van der Waals surface area contributed by atoms with E-state index in [4.69, 9.17) is 5.73 Å². The van der Waals surface area contributed by atoms with Gasteiger partial charge in [-0.05, 0) is 49.6 Å². The second kappa shape index (κ2) is 12.4. The van der Waals surface area contributed by atoms with Crippen LogP contribution in [0.1, 0.15) is 39.6 Å². The summed E-state index contributed by atoms with van der Waals surface area (Å²) in [5, 5.41) is 0. The van der Waals surface area contributed by atoms with E-state index in [-0.39, 0.29) is 18.7 Å². The molecule has 1 fully saturated rings.